The van der Waals surface area contributed by atoms with Crippen molar-refractivity contribution in [3.63, 3.8) is 0 Å². The van der Waals surface area contributed by atoms with Crippen molar-refractivity contribution in [3.05, 3.63) is 0 Å². The summed E-state index contributed by atoms with van der Waals surface area (Å²) in [4.78, 5) is 25.5. The van der Waals surface area contributed by atoms with Gasteiger partial charge in [0.15, 0.2) is 0 Å². The average Bonchev–Trinajstić information content (AvgIpc) is 2.37. The molecule has 1 rings (SSSR count). The highest BCUT2D eigenvalue weighted by Gasteiger charge is 2.28. The molecule has 0 aromatic carbocycles. The average molecular weight is 306 g/mol. The minimum atomic E-state index is -0.415. The highest BCUT2D eigenvalue weighted by Crippen LogP contribution is 2.13. The van der Waals surface area contributed by atoms with E-state index in [1.165, 1.54) is 0 Å². The Morgan fingerprint density at radius 3 is 2.05 bits per heavy atom. The van der Waals surface area contributed by atoms with Crippen molar-refractivity contribution in [1.29, 1.82) is 0 Å². The Morgan fingerprint density at radius 2 is 1.65 bits per heavy atom. The van der Waals surface area contributed by atoms with Gasteiger partial charge in [-0.1, -0.05) is 27.7 Å². The van der Waals surface area contributed by atoms with Gasteiger partial charge in [0.25, 0.3) is 0 Å². The molecule has 0 spiro atoms. The van der Waals surface area contributed by atoms with Crippen LogP contribution in [0, 0.1) is 11.8 Å². The number of nitrogens with one attached hydrogen (secondary N) is 1. The summed E-state index contributed by atoms with van der Waals surface area (Å²) in [6.45, 7) is 9.05. The molecule has 1 aliphatic rings. The topological polar surface area (TPSA) is 75.4 Å². The maximum atomic E-state index is 12.1. The first-order valence-corrected chi connectivity index (χ1v) is 7.17. The lowest BCUT2D eigenvalue weighted by Gasteiger charge is -2.34. The molecule has 2 amide bonds. The van der Waals surface area contributed by atoms with E-state index >= 15 is 0 Å². The Morgan fingerprint density at radius 1 is 1.15 bits per heavy atom. The van der Waals surface area contributed by atoms with Crippen LogP contribution < -0.4 is 11.1 Å². The van der Waals surface area contributed by atoms with Crippen LogP contribution in [0.1, 0.15) is 40.5 Å². The van der Waals surface area contributed by atoms with Crippen molar-refractivity contribution in [2.24, 2.45) is 17.6 Å². The predicted molar refractivity (Wildman–Crippen MR) is 82.6 cm³/mol. The van der Waals surface area contributed by atoms with E-state index in [1.807, 2.05) is 32.6 Å². The van der Waals surface area contributed by atoms with E-state index in [-0.39, 0.29) is 42.1 Å². The van der Waals surface area contributed by atoms with Gasteiger partial charge in [0.2, 0.25) is 11.8 Å². The van der Waals surface area contributed by atoms with Crippen LogP contribution in [0.5, 0.6) is 0 Å². The van der Waals surface area contributed by atoms with Crippen molar-refractivity contribution >= 4 is 24.2 Å². The summed E-state index contributed by atoms with van der Waals surface area (Å²) >= 11 is 0. The minimum absolute atomic E-state index is 0. The Bertz CT molecular complexity index is 326. The molecular weight excluding hydrogens is 278 g/mol. The van der Waals surface area contributed by atoms with E-state index in [1.54, 1.807) is 0 Å². The summed E-state index contributed by atoms with van der Waals surface area (Å²) < 4.78 is 0. The van der Waals surface area contributed by atoms with Crippen LogP contribution >= 0.6 is 12.4 Å². The lowest BCUT2D eigenvalue weighted by molar-refractivity contribution is -0.134. The van der Waals surface area contributed by atoms with Gasteiger partial charge in [0.1, 0.15) is 0 Å². The van der Waals surface area contributed by atoms with E-state index in [9.17, 15) is 9.59 Å². The van der Waals surface area contributed by atoms with Gasteiger partial charge < -0.3 is 16.0 Å². The number of rotatable bonds is 4. The maximum absolute atomic E-state index is 12.1. The van der Waals surface area contributed by atoms with Crippen LogP contribution in [0.2, 0.25) is 0 Å². The number of nitrogens with zero attached hydrogens (tertiary/aromatic N) is 1. The van der Waals surface area contributed by atoms with E-state index in [4.69, 9.17) is 5.73 Å². The zero-order chi connectivity index (χ0) is 14.6. The van der Waals surface area contributed by atoms with Crippen molar-refractivity contribution in [2.45, 2.75) is 52.6 Å². The van der Waals surface area contributed by atoms with Gasteiger partial charge in [-0.3, -0.25) is 9.59 Å². The highest BCUT2D eigenvalue weighted by molar-refractivity contribution is 5.85. The van der Waals surface area contributed by atoms with E-state index in [0.29, 0.717) is 13.1 Å². The van der Waals surface area contributed by atoms with Crippen LogP contribution in [0.4, 0.5) is 0 Å². The molecule has 0 aliphatic carbocycles. The van der Waals surface area contributed by atoms with Crippen LogP contribution in [0.25, 0.3) is 0 Å². The summed E-state index contributed by atoms with van der Waals surface area (Å²) in [6.07, 6.45) is 1.63. The number of piperidine rings is 1. The lowest BCUT2D eigenvalue weighted by atomic mass is 10.00. The molecular formula is C14H28ClN3O2. The molecule has 0 unspecified atom stereocenters. The number of amides is 2. The number of carbonyl (C=O) groups is 2. The maximum Gasteiger partial charge on any atom is 0.239 e. The first-order chi connectivity index (χ1) is 8.82. The SMILES string of the molecule is CC(C)C(=O)NC1CCN(C(=O)[C@H](N)C(C)C)CC1.Cl. The predicted octanol–water partition coefficient (Wildman–Crippen LogP) is 1.15. The summed E-state index contributed by atoms with van der Waals surface area (Å²) in [7, 11) is 0. The minimum Gasteiger partial charge on any atom is -0.353 e. The third kappa shape index (κ3) is 5.29. The third-order valence-corrected chi connectivity index (χ3v) is 3.68. The first kappa shape index (κ1) is 19.2. The third-order valence-electron chi connectivity index (χ3n) is 3.68. The van der Waals surface area contributed by atoms with Crippen molar-refractivity contribution in [3.8, 4) is 0 Å². The van der Waals surface area contributed by atoms with Gasteiger partial charge in [-0.2, -0.15) is 0 Å². The van der Waals surface area contributed by atoms with Crippen LogP contribution in [0.3, 0.4) is 0 Å². The second-order valence-electron chi connectivity index (χ2n) is 6.03. The molecule has 1 atom stereocenters. The number of hydrogen-bond donors (Lipinski definition) is 2. The monoisotopic (exact) mass is 305 g/mol. The summed E-state index contributed by atoms with van der Waals surface area (Å²) in [5.74, 6) is 0.284. The van der Waals surface area contributed by atoms with Gasteiger partial charge in [-0.05, 0) is 18.8 Å². The standard InChI is InChI=1S/C14H27N3O2.ClH/c1-9(2)12(15)14(19)17-7-5-11(6-8-17)16-13(18)10(3)4;/h9-12H,5-8,15H2,1-4H3,(H,16,18);1H/t12-;/m1./s1. The Labute approximate surface area is 128 Å². The summed E-state index contributed by atoms with van der Waals surface area (Å²) in [6, 6.07) is -0.226. The molecule has 5 nitrogen and oxygen atoms in total. The second-order valence-corrected chi connectivity index (χ2v) is 6.03. The normalized spacial score (nSPS) is 17.9. The number of halogens is 1. The van der Waals surface area contributed by atoms with Crippen LogP contribution in [0.15, 0.2) is 0 Å². The summed E-state index contributed by atoms with van der Waals surface area (Å²) in [5.41, 5.74) is 5.89. The van der Waals surface area contributed by atoms with Gasteiger partial charge >= 0.3 is 0 Å². The molecule has 20 heavy (non-hydrogen) atoms. The molecule has 3 N–H and O–H groups in total. The van der Waals surface area contributed by atoms with Crippen molar-refractivity contribution in [2.75, 3.05) is 13.1 Å². The van der Waals surface area contributed by atoms with Crippen molar-refractivity contribution in [1.82, 2.24) is 10.2 Å². The Kier molecular flexibility index (Phi) is 8.13. The van der Waals surface area contributed by atoms with E-state index in [0.717, 1.165) is 12.8 Å². The number of likely N-dealkylation sites (tertiary alicyclic amines) is 1. The molecule has 0 aromatic heterocycles. The Balaban J connectivity index is 0.00000361. The molecule has 118 valence electrons. The van der Waals surface area contributed by atoms with Gasteiger partial charge in [-0.25, -0.2) is 0 Å². The first-order valence-electron chi connectivity index (χ1n) is 7.17. The molecule has 0 bridgehead atoms. The zero-order valence-electron chi connectivity index (χ0n) is 12.9. The molecule has 1 saturated heterocycles. The number of carbonyl (C=O) groups excluding carboxylic acids is 2. The molecule has 1 heterocycles. The Hall–Kier alpha value is -0.810. The summed E-state index contributed by atoms with van der Waals surface area (Å²) in [5, 5.41) is 3.02. The van der Waals surface area contributed by atoms with Crippen LogP contribution in [-0.2, 0) is 9.59 Å². The smallest absolute Gasteiger partial charge is 0.239 e. The fourth-order valence-corrected chi connectivity index (χ4v) is 2.11. The molecule has 6 heteroatoms. The van der Waals surface area contributed by atoms with Crippen LogP contribution in [-0.4, -0.2) is 41.9 Å². The van der Waals surface area contributed by atoms with Gasteiger partial charge in [0, 0.05) is 25.0 Å². The number of nitrogens with two attached hydrogens (primary N) is 1. The molecule has 1 fully saturated rings. The lowest BCUT2D eigenvalue weighted by Crippen LogP contribution is -2.52. The highest BCUT2D eigenvalue weighted by atomic mass is 35.5. The largest absolute Gasteiger partial charge is 0.353 e. The molecule has 0 radical (unpaired) electrons. The molecule has 0 aromatic rings. The van der Waals surface area contributed by atoms with Gasteiger partial charge in [0.05, 0.1) is 6.04 Å². The quantitative estimate of drug-likeness (QED) is 0.818. The fraction of sp³-hybridized carbons (Fsp3) is 0.857. The fourth-order valence-electron chi connectivity index (χ4n) is 2.11. The molecule has 1 aliphatic heterocycles. The van der Waals surface area contributed by atoms with E-state index < -0.39 is 6.04 Å². The van der Waals surface area contributed by atoms with E-state index in [2.05, 4.69) is 5.32 Å². The zero-order valence-corrected chi connectivity index (χ0v) is 13.7. The van der Waals surface area contributed by atoms with Crippen molar-refractivity contribution < 1.29 is 9.59 Å². The second kappa shape index (κ2) is 8.47. The number of hydrogen-bond acceptors (Lipinski definition) is 3. The van der Waals surface area contributed by atoms with Gasteiger partial charge in [-0.15, -0.1) is 12.4 Å². The molecule has 0 saturated carbocycles.